The van der Waals surface area contributed by atoms with E-state index in [4.69, 9.17) is 10.5 Å². The molecule has 4 heteroatoms. The molecular weight excluding hydrogens is 238 g/mol. The van der Waals surface area contributed by atoms with Gasteiger partial charge in [0.25, 0.3) is 0 Å². The molecule has 0 aliphatic carbocycles. The van der Waals surface area contributed by atoms with Crippen molar-refractivity contribution in [2.45, 2.75) is 32.9 Å². The second-order valence-electron chi connectivity index (χ2n) is 4.63. The molecule has 0 fully saturated rings. The SMILES string of the molecule is CCn1ccnc1C(N)CCOc1cccc(C)c1. The lowest BCUT2D eigenvalue weighted by molar-refractivity contribution is 0.295. The van der Waals surface area contributed by atoms with Crippen LogP contribution < -0.4 is 10.5 Å². The van der Waals surface area contributed by atoms with Crippen molar-refractivity contribution in [2.24, 2.45) is 5.73 Å². The van der Waals surface area contributed by atoms with Crippen LogP contribution in [0.3, 0.4) is 0 Å². The summed E-state index contributed by atoms with van der Waals surface area (Å²) < 4.78 is 7.78. The summed E-state index contributed by atoms with van der Waals surface area (Å²) in [5, 5.41) is 0. The van der Waals surface area contributed by atoms with Crippen molar-refractivity contribution >= 4 is 0 Å². The van der Waals surface area contributed by atoms with E-state index in [1.54, 1.807) is 6.20 Å². The molecule has 2 N–H and O–H groups in total. The van der Waals surface area contributed by atoms with Crippen LogP contribution in [0.5, 0.6) is 5.75 Å². The molecule has 1 aromatic carbocycles. The van der Waals surface area contributed by atoms with Gasteiger partial charge in [-0.2, -0.15) is 0 Å². The Morgan fingerprint density at radius 2 is 2.26 bits per heavy atom. The molecule has 1 aromatic heterocycles. The van der Waals surface area contributed by atoms with Crippen LogP contribution in [-0.2, 0) is 6.54 Å². The van der Waals surface area contributed by atoms with E-state index in [1.807, 2.05) is 24.4 Å². The highest BCUT2D eigenvalue weighted by Gasteiger charge is 2.11. The first kappa shape index (κ1) is 13.6. The van der Waals surface area contributed by atoms with Crippen molar-refractivity contribution in [1.82, 2.24) is 9.55 Å². The van der Waals surface area contributed by atoms with Crippen molar-refractivity contribution in [3.8, 4) is 5.75 Å². The predicted molar refractivity (Wildman–Crippen MR) is 76.1 cm³/mol. The van der Waals surface area contributed by atoms with Crippen LogP contribution in [-0.4, -0.2) is 16.2 Å². The standard InChI is InChI=1S/C15H21N3O/c1-3-18-9-8-17-15(18)14(16)7-10-19-13-6-4-5-12(2)11-13/h4-6,8-9,11,14H,3,7,10,16H2,1-2H3. The van der Waals surface area contributed by atoms with Gasteiger partial charge >= 0.3 is 0 Å². The van der Waals surface area contributed by atoms with Gasteiger partial charge in [-0.15, -0.1) is 0 Å². The summed E-state index contributed by atoms with van der Waals surface area (Å²) in [5.41, 5.74) is 7.34. The number of aromatic nitrogens is 2. The molecular formula is C15H21N3O. The first-order valence-electron chi connectivity index (χ1n) is 6.66. The number of hydrogen-bond acceptors (Lipinski definition) is 3. The zero-order valence-electron chi connectivity index (χ0n) is 11.5. The van der Waals surface area contributed by atoms with E-state index >= 15 is 0 Å². The quantitative estimate of drug-likeness (QED) is 0.867. The number of imidazole rings is 1. The minimum atomic E-state index is -0.0836. The number of nitrogens with two attached hydrogens (primary N) is 1. The number of hydrogen-bond donors (Lipinski definition) is 1. The molecule has 0 saturated carbocycles. The first-order valence-corrected chi connectivity index (χ1v) is 6.66. The van der Waals surface area contributed by atoms with E-state index in [-0.39, 0.29) is 6.04 Å². The van der Waals surface area contributed by atoms with Gasteiger partial charge in [0, 0.05) is 25.4 Å². The second-order valence-corrected chi connectivity index (χ2v) is 4.63. The zero-order valence-corrected chi connectivity index (χ0v) is 11.5. The number of benzene rings is 1. The molecule has 0 amide bonds. The van der Waals surface area contributed by atoms with Gasteiger partial charge in [-0.3, -0.25) is 0 Å². The molecule has 1 atom stereocenters. The van der Waals surface area contributed by atoms with Crippen molar-refractivity contribution < 1.29 is 4.74 Å². The smallest absolute Gasteiger partial charge is 0.125 e. The van der Waals surface area contributed by atoms with Crippen LogP contribution in [0.15, 0.2) is 36.7 Å². The Kier molecular flexibility index (Phi) is 4.58. The lowest BCUT2D eigenvalue weighted by Gasteiger charge is -2.13. The molecule has 1 heterocycles. The van der Waals surface area contributed by atoms with Gasteiger partial charge < -0.3 is 15.0 Å². The fourth-order valence-corrected chi connectivity index (χ4v) is 2.05. The summed E-state index contributed by atoms with van der Waals surface area (Å²) in [6.45, 7) is 5.63. The third kappa shape index (κ3) is 3.58. The van der Waals surface area contributed by atoms with Gasteiger partial charge in [0.05, 0.1) is 12.6 Å². The fraction of sp³-hybridized carbons (Fsp3) is 0.400. The van der Waals surface area contributed by atoms with Gasteiger partial charge in [-0.05, 0) is 31.5 Å². The van der Waals surface area contributed by atoms with E-state index in [0.29, 0.717) is 6.61 Å². The van der Waals surface area contributed by atoms with Crippen molar-refractivity contribution in [3.63, 3.8) is 0 Å². The molecule has 0 spiro atoms. The second kappa shape index (κ2) is 6.38. The molecule has 0 aliphatic rings. The maximum atomic E-state index is 6.15. The fourth-order valence-electron chi connectivity index (χ4n) is 2.05. The third-order valence-corrected chi connectivity index (χ3v) is 3.11. The minimum Gasteiger partial charge on any atom is -0.494 e. The minimum absolute atomic E-state index is 0.0836. The molecule has 19 heavy (non-hydrogen) atoms. The van der Waals surface area contributed by atoms with Crippen molar-refractivity contribution in [1.29, 1.82) is 0 Å². The van der Waals surface area contributed by atoms with E-state index in [0.717, 1.165) is 24.5 Å². The molecule has 0 saturated heterocycles. The molecule has 0 radical (unpaired) electrons. The van der Waals surface area contributed by atoms with Crippen LogP contribution >= 0.6 is 0 Å². The molecule has 0 aliphatic heterocycles. The van der Waals surface area contributed by atoms with E-state index in [2.05, 4.69) is 29.5 Å². The Balaban J connectivity index is 1.86. The Morgan fingerprint density at radius 1 is 1.42 bits per heavy atom. The van der Waals surface area contributed by atoms with Crippen molar-refractivity contribution in [3.05, 3.63) is 48.0 Å². The predicted octanol–water partition coefficient (Wildman–Crippen LogP) is 2.68. The lowest BCUT2D eigenvalue weighted by Crippen LogP contribution is -2.18. The Bertz CT molecular complexity index is 522. The molecule has 2 aromatic rings. The maximum Gasteiger partial charge on any atom is 0.125 e. The van der Waals surface area contributed by atoms with Gasteiger partial charge in [0.15, 0.2) is 0 Å². The lowest BCUT2D eigenvalue weighted by atomic mass is 10.2. The number of rotatable bonds is 6. The summed E-state index contributed by atoms with van der Waals surface area (Å²) in [6.07, 6.45) is 4.50. The first-order chi connectivity index (χ1) is 9.20. The van der Waals surface area contributed by atoms with E-state index < -0.39 is 0 Å². The summed E-state index contributed by atoms with van der Waals surface area (Å²) >= 11 is 0. The number of ether oxygens (including phenoxy) is 1. The van der Waals surface area contributed by atoms with Crippen molar-refractivity contribution in [2.75, 3.05) is 6.61 Å². The zero-order chi connectivity index (χ0) is 13.7. The molecule has 1 unspecified atom stereocenters. The highest BCUT2D eigenvalue weighted by atomic mass is 16.5. The summed E-state index contributed by atoms with van der Waals surface area (Å²) in [5.74, 6) is 1.82. The maximum absolute atomic E-state index is 6.15. The average molecular weight is 259 g/mol. The molecule has 4 nitrogen and oxygen atoms in total. The number of nitrogens with zero attached hydrogens (tertiary/aromatic N) is 2. The average Bonchev–Trinajstić information content (AvgIpc) is 2.87. The van der Waals surface area contributed by atoms with Crippen LogP contribution in [0.1, 0.15) is 30.8 Å². The van der Waals surface area contributed by atoms with E-state index in [1.165, 1.54) is 5.56 Å². The van der Waals surface area contributed by atoms with Crippen LogP contribution in [0.25, 0.3) is 0 Å². The summed E-state index contributed by atoms with van der Waals surface area (Å²) in [7, 11) is 0. The Morgan fingerprint density at radius 3 is 3.00 bits per heavy atom. The molecule has 2 rings (SSSR count). The largest absolute Gasteiger partial charge is 0.494 e. The van der Waals surface area contributed by atoms with Gasteiger partial charge in [0.1, 0.15) is 11.6 Å². The normalized spacial score (nSPS) is 12.4. The molecule has 102 valence electrons. The van der Waals surface area contributed by atoms with Gasteiger partial charge in [0.2, 0.25) is 0 Å². The monoisotopic (exact) mass is 259 g/mol. The van der Waals surface area contributed by atoms with E-state index in [9.17, 15) is 0 Å². The highest BCUT2D eigenvalue weighted by molar-refractivity contribution is 5.27. The summed E-state index contributed by atoms with van der Waals surface area (Å²) in [4.78, 5) is 4.31. The third-order valence-electron chi connectivity index (χ3n) is 3.11. The van der Waals surface area contributed by atoms with Crippen LogP contribution in [0, 0.1) is 6.92 Å². The highest BCUT2D eigenvalue weighted by Crippen LogP contribution is 2.15. The topological polar surface area (TPSA) is 53.1 Å². The number of aryl methyl sites for hydroxylation is 2. The molecule has 0 bridgehead atoms. The van der Waals surface area contributed by atoms with Gasteiger partial charge in [-0.1, -0.05) is 12.1 Å². The Labute approximate surface area is 114 Å². The van der Waals surface area contributed by atoms with Crippen LogP contribution in [0.4, 0.5) is 0 Å². The Hall–Kier alpha value is -1.81. The van der Waals surface area contributed by atoms with Gasteiger partial charge in [-0.25, -0.2) is 4.98 Å². The van der Waals surface area contributed by atoms with Crippen LogP contribution in [0.2, 0.25) is 0 Å². The summed E-state index contributed by atoms with van der Waals surface area (Å²) in [6, 6.07) is 7.95.